The second-order valence-electron chi connectivity index (χ2n) is 3.15. The van der Waals surface area contributed by atoms with Crippen molar-refractivity contribution in [2.45, 2.75) is 0 Å². The molecular weight excluding hydrogens is 396 g/mol. The van der Waals surface area contributed by atoms with E-state index >= 15 is 0 Å². The van der Waals surface area contributed by atoms with Crippen molar-refractivity contribution < 1.29 is 60.3 Å². The van der Waals surface area contributed by atoms with Gasteiger partial charge in [0.05, 0.1) is 6.20 Å². The molecule has 1 heterocycles. The maximum atomic E-state index is 11.4. The molecule has 1 rings (SSSR count). The lowest BCUT2D eigenvalue weighted by Gasteiger charge is -2.18. The zero-order valence-corrected chi connectivity index (χ0v) is 13.5. The topological polar surface area (TPSA) is 224 Å². The van der Waals surface area contributed by atoms with Crippen molar-refractivity contribution in [2.24, 2.45) is 0 Å². The summed E-state index contributed by atoms with van der Waals surface area (Å²) in [7, 11) is -22.5. The fraction of sp³-hybridized carbons (Fsp3) is 0. The van der Waals surface area contributed by atoms with Gasteiger partial charge >= 0.3 is 31.3 Å². The van der Waals surface area contributed by atoms with Crippen LogP contribution < -0.4 is 4.62 Å². The SMILES string of the molecule is O=P(O)(O)OP(=O)(O)OP(=O)(O)OP(=O)(O)On1ccnc1. The van der Waals surface area contributed by atoms with E-state index in [1.807, 2.05) is 0 Å². The number of imidazole rings is 1. The van der Waals surface area contributed by atoms with E-state index in [1.165, 1.54) is 0 Å². The minimum absolute atomic E-state index is 0.492. The lowest BCUT2D eigenvalue weighted by molar-refractivity contribution is 0.158. The van der Waals surface area contributed by atoms with E-state index in [-0.39, 0.29) is 0 Å². The summed E-state index contributed by atoms with van der Waals surface area (Å²) >= 11 is 0. The van der Waals surface area contributed by atoms with Crippen LogP contribution in [0.4, 0.5) is 0 Å². The van der Waals surface area contributed by atoms with Crippen LogP contribution in [-0.2, 0) is 31.2 Å². The van der Waals surface area contributed by atoms with Crippen LogP contribution in [0.1, 0.15) is 0 Å². The normalized spacial score (nSPS) is 20.6. The van der Waals surface area contributed by atoms with Crippen LogP contribution in [0.15, 0.2) is 18.7 Å². The highest BCUT2D eigenvalue weighted by molar-refractivity contribution is 7.69. The third-order valence-corrected chi connectivity index (χ3v) is 6.67. The fourth-order valence-corrected chi connectivity index (χ4v) is 5.25. The smallest absolute Gasteiger partial charge is 0.310 e. The molecule has 3 unspecified atom stereocenters. The Hall–Kier alpha value is -0.390. The molecule has 0 aliphatic rings. The van der Waals surface area contributed by atoms with E-state index in [0.29, 0.717) is 4.73 Å². The van der Waals surface area contributed by atoms with Crippen molar-refractivity contribution in [3.8, 4) is 0 Å². The Morgan fingerprint density at radius 2 is 1.32 bits per heavy atom. The highest BCUT2D eigenvalue weighted by Crippen LogP contribution is 2.70. The van der Waals surface area contributed by atoms with Gasteiger partial charge in [-0.25, -0.2) is 23.2 Å². The predicted molar refractivity (Wildman–Crippen MR) is 63.6 cm³/mol. The second kappa shape index (κ2) is 6.62. The van der Waals surface area contributed by atoms with Crippen LogP contribution in [-0.4, -0.2) is 34.2 Å². The summed E-state index contributed by atoms with van der Waals surface area (Å²) in [5, 5.41) is 0. The third-order valence-electron chi connectivity index (χ3n) is 1.30. The molecule has 0 fully saturated rings. The highest BCUT2D eigenvalue weighted by Gasteiger charge is 2.45. The lowest BCUT2D eigenvalue weighted by Crippen LogP contribution is -2.08. The third kappa shape index (κ3) is 7.75. The molecule has 3 atom stereocenters. The summed E-state index contributed by atoms with van der Waals surface area (Å²) in [4.78, 5) is 46.9. The molecule has 0 aromatic carbocycles. The van der Waals surface area contributed by atoms with Crippen LogP contribution >= 0.6 is 31.3 Å². The maximum Gasteiger partial charge on any atom is 0.555 e. The summed E-state index contributed by atoms with van der Waals surface area (Å²) in [5.74, 6) is 0. The molecule has 0 amide bonds. The zero-order chi connectivity index (χ0) is 17.2. The molecule has 15 nitrogen and oxygen atoms in total. The van der Waals surface area contributed by atoms with E-state index < -0.39 is 31.3 Å². The Morgan fingerprint density at radius 3 is 1.77 bits per heavy atom. The minimum atomic E-state index is -5.80. The molecule has 0 bridgehead atoms. The van der Waals surface area contributed by atoms with E-state index in [0.717, 1.165) is 18.7 Å². The number of aromatic nitrogens is 2. The molecule has 128 valence electrons. The van der Waals surface area contributed by atoms with Crippen molar-refractivity contribution in [3.05, 3.63) is 18.7 Å². The maximum absolute atomic E-state index is 11.4. The predicted octanol–water partition coefficient (Wildman–Crippen LogP) is -0.245. The van der Waals surface area contributed by atoms with Crippen molar-refractivity contribution in [3.63, 3.8) is 0 Å². The van der Waals surface area contributed by atoms with Gasteiger partial charge in [-0.3, -0.25) is 4.89 Å². The zero-order valence-electron chi connectivity index (χ0n) is 9.92. The summed E-state index contributed by atoms with van der Waals surface area (Å²) in [6.07, 6.45) is 2.94. The van der Waals surface area contributed by atoms with Crippen molar-refractivity contribution in [1.29, 1.82) is 0 Å². The van der Waals surface area contributed by atoms with E-state index in [4.69, 9.17) is 24.5 Å². The van der Waals surface area contributed by atoms with Gasteiger partial charge < -0.3 is 24.2 Å². The van der Waals surface area contributed by atoms with Crippen molar-refractivity contribution in [1.82, 2.24) is 9.71 Å². The van der Waals surface area contributed by atoms with Crippen molar-refractivity contribution >= 4 is 31.3 Å². The summed E-state index contributed by atoms with van der Waals surface area (Å²) in [6, 6.07) is 0. The molecule has 0 radical (unpaired) electrons. The van der Waals surface area contributed by atoms with Crippen LogP contribution in [0.3, 0.4) is 0 Å². The Balaban J connectivity index is 2.78. The van der Waals surface area contributed by atoms with E-state index in [9.17, 15) is 18.3 Å². The first-order chi connectivity index (χ1) is 9.70. The second-order valence-corrected chi connectivity index (χ2v) is 9.06. The molecule has 19 heteroatoms. The van der Waals surface area contributed by atoms with Gasteiger partial charge in [0.1, 0.15) is 6.33 Å². The van der Waals surface area contributed by atoms with Crippen LogP contribution in [0.25, 0.3) is 0 Å². The molecule has 1 aromatic rings. The first kappa shape index (κ1) is 19.7. The Labute approximate surface area is 121 Å². The van der Waals surface area contributed by atoms with Gasteiger partial charge in [0.25, 0.3) is 0 Å². The van der Waals surface area contributed by atoms with E-state index in [1.54, 1.807) is 0 Å². The van der Waals surface area contributed by atoms with Crippen LogP contribution in [0, 0.1) is 0 Å². The van der Waals surface area contributed by atoms with Gasteiger partial charge in [0.15, 0.2) is 0 Å². The van der Waals surface area contributed by atoms with Gasteiger partial charge in [0, 0.05) is 6.20 Å². The van der Waals surface area contributed by atoms with Gasteiger partial charge in [0.2, 0.25) is 0 Å². The highest BCUT2D eigenvalue weighted by atomic mass is 31.3. The molecule has 0 aliphatic heterocycles. The lowest BCUT2D eigenvalue weighted by atomic mass is 11.0. The quantitative estimate of drug-likeness (QED) is 0.353. The molecule has 1 aromatic heterocycles. The average molecular weight is 404 g/mol. The van der Waals surface area contributed by atoms with Gasteiger partial charge in [-0.05, 0) is 0 Å². The molecule has 0 aliphatic carbocycles. The summed E-state index contributed by atoms with van der Waals surface area (Å²) in [6.45, 7) is 0. The standard InChI is InChI=1S/C3H8N2O13P4/c6-19(7,8)16-21(11,12)18-22(13,14)17-20(9,10)15-5-2-1-4-3-5/h1-3H,(H,9,10)(H,11,12)(H,13,14)(H2,6,7,8). The van der Waals surface area contributed by atoms with E-state index in [2.05, 4.69) is 22.5 Å². The number of nitrogens with zero attached hydrogens (tertiary/aromatic N) is 2. The molecule has 0 saturated heterocycles. The molecule has 0 spiro atoms. The minimum Gasteiger partial charge on any atom is -0.310 e. The number of phosphoric acid groups is 4. The number of hydrogen-bond donors (Lipinski definition) is 5. The Morgan fingerprint density at radius 1 is 0.818 bits per heavy atom. The largest absolute Gasteiger partial charge is 0.555 e. The Bertz CT molecular complexity index is 690. The molecule has 0 saturated carbocycles. The van der Waals surface area contributed by atoms with Crippen LogP contribution in [0.5, 0.6) is 0 Å². The monoisotopic (exact) mass is 404 g/mol. The summed E-state index contributed by atoms with van der Waals surface area (Å²) < 4.78 is 58.9. The number of rotatable bonds is 8. The van der Waals surface area contributed by atoms with Gasteiger partial charge in [-0.15, -0.1) is 0 Å². The first-order valence-electron chi connectivity index (χ1n) is 4.56. The fourth-order valence-electron chi connectivity index (χ4n) is 0.854. The van der Waals surface area contributed by atoms with Gasteiger partial charge in [-0.1, -0.05) is 0 Å². The van der Waals surface area contributed by atoms with Gasteiger partial charge in [-0.2, -0.15) is 17.7 Å². The first-order valence-corrected chi connectivity index (χ1v) is 10.6. The van der Waals surface area contributed by atoms with Crippen LogP contribution in [0.2, 0.25) is 0 Å². The Kier molecular flexibility index (Phi) is 5.91. The molecule has 22 heavy (non-hydrogen) atoms. The molecule has 5 N–H and O–H groups in total. The molecular formula is C3H8N2O13P4. The summed E-state index contributed by atoms with van der Waals surface area (Å²) in [5.41, 5.74) is 0. The average Bonchev–Trinajstić information content (AvgIpc) is 2.59. The van der Waals surface area contributed by atoms with Crippen molar-refractivity contribution in [2.75, 3.05) is 0 Å². The number of hydrogen-bond acceptors (Lipinski definition) is 9.